The molecule has 1 aromatic carbocycles. The van der Waals surface area contributed by atoms with Crippen molar-refractivity contribution in [3.8, 4) is 5.75 Å². The lowest BCUT2D eigenvalue weighted by Gasteiger charge is -2.40. The van der Waals surface area contributed by atoms with Gasteiger partial charge in [0.1, 0.15) is 5.75 Å². The van der Waals surface area contributed by atoms with E-state index in [4.69, 9.17) is 14.5 Å². The first kappa shape index (κ1) is 22.5. The molecule has 158 valence electrons. The second-order valence-corrected chi connectivity index (χ2v) is 8.37. The zero-order chi connectivity index (χ0) is 20.6. The van der Waals surface area contributed by atoms with Gasteiger partial charge in [-0.05, 0) is 44.7 Å². The Balaban J connectivity index is 2.05. The summed E-state index contributed by atoms with van der Waals surface area (Å²) in [6.07, 6.45) is 1.19. The van der Waals surface area contributed by atoms with Crippen LogP contribution in [0.1, 0.15) is 45.2 Å². The minimum absolute atomic E-state index is 0.114. The van der Waals surface area contributed by atoms with Gasteiger partial charge in [0.05, 0.1) is 37.9 Å². The number of rotatable bonds is 10. The lowest BCUT2D eigenvalue weighted by Crippen LogP contribution is -2.54. The van der Waals surface area contributed by atoms with Crippen LogP contribution in [0, 0.1) is 18.3 Å². The Morgan fingerprint density at radius 1 is 1.29 bits per heavy atom. The fourth-order valence-corrected chi connectivity index (χ4v) is 3.25. The van der Waals surface area contributed by atoms with Crippen molar-refractivity contribution in [3.05, 3.63) is 29.3 Å². The first-order valence-electron chi connectivity index (χ1n) is 10.3. The van der Waals surface area contributed by atoms with Crippen molar-refractivity contribution < 1.29 is 14.6 Å². The van der Waals surface area contributed by atoms with E-state index in [0.717, 1.165) is 30.2 Å². The summed E-state index contributed by atoms with van der Waals surface area (Å²) in [7, 11) is 0. The molecule has 1 atom stereocenters. The van der Waals surface area contributed by atoms with E-state index >= 15 is 0 Å². The zero-order valence-corrected chi connectivity index (χ0v) is 18.0. The van der Waals surface area contributed by atoms with Crippen molar-refractivity contribution in [1.29, 1.82) is 0 Å². The molecule has 0 spiro atoms. The first-order chi connectivity index (χ1) is 13.4. The number of aliphatic hydroxyl groups is 1. The fraction of sp³-hybridized carbons (Fsp3) is 0.682. The second kappa shape index (κ2) is 10.7. The maximum Gasteiger partial charge on any atom is 0.191 e. The maximum absolute atomic E-state index is 9.60. The van der Waals surface area contributed by atoms with Crippen molar-refractivity contribution in [2.75, 3.05) is 32.9 Å². The average molecular weight is 392 g/mol. The van der Waals surface area contributed by atoms with Crippen LogP contribution in [0.3, 0.4) is 0 Å². The normalized spacial score (nSPS) is 17.2. The monoisotopic (exact) mass is 391 g/mol. The topological polar surface area (TPSA) is 75.1 Å². The molecule has 28 heavy (non-hydrogen) atoms. The van der Waals surface area contributed by atoms with E-state index in [2.05, 4.69) is 56.5 Å². The third-order valence-electron chi connectivity index (χ3n) is 4.89. The molecule has 0 amide bonds. The molecular formula is C22H37N3O3. The molecule has 2 rings (SSSR count). The number of hydrogen-bond acceptors (Lipinski definition) is 4. The molecule has 6 nitrogen and oxygen atoms in total. The minimum Gasteiger partial charge on any atom is -0.490 e. The molecule has 0 radical (unpaired) electrons. The number of benzene rings is 1. The molecule has 1 saturated heterocycles. The van der Waals surface area contributed by atoms with Gasteiger partial charge in [0.2, 0.25) is 0 Å². The van der Waals surface area contributed by atoms with Gasteiger partial charge in [0, 0.05) is 18.7 Å². The molecule has 1 unspecified atom stereocenters. The fourth-order valence-electron chi connectivity index (χ4n) is 3.25. The number of nitrogens with zero attached hydrogens (tertiary/aromatic N) is 1. The van der Waals surface area contributed by atoms with Crippen LogP contribution in [0.15, 0.2) is 23.2 Å². The number of nitrogens with one attached hydrogen (secondary N) is 2. The molecule has 1 fully saturated rings. The predicted octanol–water partition coefficient (Wildman–Crippen LogP) is 2.87. The van der Waals surface area contributed by atoms with Crippen molar-refractivity contribution in [1.82, 2.24) is 10.6 Å². The smallest absolute Gasteiger partial charge is 0.191 e. The van der Waals surface area contributed by atoms with Gasteiger partial charge in [-0.3, -0.25) is 0 Å². The highest BCUT2D eigenvalue weighted by atomic mass is 16.5. The molecule has 0 aromatic heterocycles. The lowest BCUT2D eigenvalue weighted by atomic mass is 9.87. The summed E-state index contributed by atoms with van der Waals surface area (Å²) in [5.74, 6) is 2.25. The van der Waals surface area contributed by atoms with Crippen LogP contribution in [-0.4, -0.2) is 50.1 Å². The number of aliphatic imine (C=N–C) groups is 1. The standard InChI is InChI=1S/C22H37N3O3/c1-6-23-21(25-12-22(13-26)14-27-15-22)24-11-19-8-7-17(4)10-20(19)28-18(5)9-16(2)3/h7-8,10,16,18,26H,6,9,11-15H2,1-5H3,(H2,23,24,25). The number of aryl methyl sites for hydroxylation is 1. The van der Waals surface area contributed by atoms with Crippen LogP contribution in [0.5, 0.6) is 5.75 Å². The molecule has 1 aliphatic heterocycles. The van der Waals surface area contributed by atoms with Crippen LogP contribution in [-0.2, 0) is 11.3 Å². The van der Waals surface area contributed by atoms with Crippen LogP contribution >= 0.6 is 0 Å². The van der Waals surface area contributed by atoms with Crippen molar-refractivity contribution in [3.63, 3.8) is 0 Å². The summed E-state index contributed by atoms with van der Waals surface area (Å²) in [5, 5.41) is 16.2. The van der Waals surface area contributed by atoms with Crippen molar-refractivity contribution >= 4 is 5.96 Å². The van der Waals surface area contributed by atoms with Gasteiger partial charge in [0.25, 0.3) is 0 Å². The van der Waals surface area contributed by atoms with E-state index in [1.807, 2.05) is 6.92 Å². The van der Waals surface area contributed by atoms with Crippen LogP contribution in [0.25, 0.3) is 0 Å². The number of guanidine groups is 1. The van der Waals surface area contributed by atoms with E-state index in [0.29, 0.717) is 32.2 Å². The molecule has 0 bridgehead atoms. The molecule has 0 aliphatic carbocycles. The Morgan fingerprint density at radius 2 is 2.04 bits per heavy atom. The van der Waals surface area contributed by atoms with Gasteiger partial charge in [0.15, 0.2) is 5.96 Å². The molecular weight excluding hydrogens is 354 g/mol. The molecule has 6 heteroatoms. The molecule has 0 saturated carbocycles. The third-order valence-corrected chi connectivity index (χ3v) is 4.89. The van der Waals surface area contributed by atoms with Gasteiger partial charge in [-0.15, -0.1) is 0 Å². The summed E-state index contributed by atoms with van der Waals surface area (Å²) in [4.78, 5) is 4.73. The first-order valence-corrected chi connectivity index (χ1v) is 10.3. The quantitative estimate of drug-likeness (QED) is 0.422. The Bertz CT molecular complexity index is 636. The summed E-state index contributed by atoms with van der Waals surface area (Å²) >= 11 is 0. The molecule has 1 aromatic rings. The largest absolute Gasteiger partial charge is 0.490 e. The Morgan fingerprint density at radius 3 is 2.61 bits per heavy atom. The van der Waals surface area contributed by atoms with E-state index < -0.39 is 0 Å². The number of ether oxygens (including phenoxy) is 2. The SMILES string of the molecule is CCNC(=NCc1ccc(C)cc1OC(C)CC(C)C)NCC1(CO)COC1. The van der Waals surface area contributed by atoms with E-state index in [1.54, 1.807) is 0 Å². The Kier molecular flexibility index (Phi) is 8.58. The van der Waals surface area contributed by atoms with Crippen LogP contribution in [0.4, 0.5) is 0 Å². The zero-order valence-electron chi connectivity index (χ0n) is 18.0. The van der Waals surface area contributed by atoms with Crippen LogP contribution in [0.2, 0.25) is 0 Å². The van der Waals surface area contributed by atoms with Gasteiger partial charge in [-0.1, -0.05) is 26.0 Å². The van der Waals surface area contributed by atoms with Crippen LogP contribution < -0.4 is 15.4 Å². The van der Waals surface area contributed by atoms with Gasteiger partial charge in [-0.2, -0.15) is 0 Å². The third kappa shape index (κ3) is 6.67. The highest BCUT2D eigenvalue weighted by Crippen LogP contribution is 2.26. The van der Waals surface area contributed by atoms with E-state index in [-0.39, 0.29) is 18.1 Å². The highest BCUT2D eigenvalue weighted by Gasteiger charge is 2.38. The second-order valence-electron chi connectivity index (χ2n) is 8.37. The van der Waals surface area contributed by atoms with Crippen molar-refractivity contribution in [2.24, 2.45) is 16.3 Å². The maximum atomic E-state index is 9.60. The summed E-state index contributed by atoms with van der Waals surface area (Å²) < 4.78 is 11.5. The number of aliphatic hydroxyl groups excluding tert-OH is 1. The van der Waals surface area contributed by atoms with Gasteiger partial charge < -0.3 is 25.2 Å². The summed E-state index contributed by atoms with van der Waals surface area (Å²) in [5.41, 5.74) is 2.06. The minimum atomic E-state index is -0.194. The molecule has 3 N–H and O–H groups in total. The highest BCUT2D eigenvalue weighted by molar-refractivity contribution is 5.79. The Labute approximate surface area is 169 Å². The van der Waals surface area contributed by atoms with Gasteiger partial charge in [-0.25, -0.2) is 4.99 Å². The van der Waals surface area contributed by atoms with Crippen molar-refractivity contribution in [2.45, 2.75) is 53.7 Å². The molecule has 1 heterocycles. The van der Waals surface area contributed by atoms with Gasteiger partial charge >= 0.3 is 0 Å². The Hall–Kier alpha value is -1.79. The summed E-state index contributed by atoms with van der Waals surface area (Å²) in [6, 6.07) is 6.28. The number of hydrogen-bond donors (Lipinski definition) is 3. The lowest BCUT2D eigenvalue weighted by molar-refractivity contribution is -0.132. The summed E-state index contributed by atoms with van der Waals surface area (Å²) in [6.45, 7) is 13.9. The average Bonchev–Trinajstić information content (AvgIpc) is 2.59. The molecule has 1 aliphatic rings. The van der Waals surface area contributed by atoms with E-state index in [1.165, 1.54) is 5.56 Å². The predicted molar refractivity (Wildman–Crippen MR) is 114 cm³/mol. The van der Waals surface area contributed by atoms with E-state index in [9.17, 15) is 5.11 Å².